The molecule has 2 atom stereocenters. The van der Waals surface area contributed by atoms with Crippen LogP contribution in [0.2, 0.25) is 0 Å². The minimum Gasteiger partial charge on any atom is -0.298 e. The summed E-state index contributed by atoms with van der Waals surface area (Å²) in [7, 11) is -3.25. The van der Waals surface area contributed by atoms with Crippen molar-refractivity contribution >= 4 is 10.0 Å². The second-order valence-corrected chi connectivity index (χ2v) is 10.8. The molecule has 0 saturated carbocycles. The van der Waals surface area contributed by atoms with Crippen molar-refractivity contribution < 1.29 is 8.42 Å². The van der Waals surface area contributed by atoms with Crippen LogP contribution in [0.5, 0.6) is 0 Å². The summed E-state index contributed by atoms with van der Waals surface area (Å²) in [4.78, 5) is 2.48. The molecule has 2 aliphatic rings. The molecule has 31 heavy (non-hydrogen) atoms. The van der Waals surface area contributed by atoms with Crippen molar-refractivity contribution in [3.63, 3.8) is 0 Å². The highest BCUT2D eigenvalue weighted by Crippen LogP contribution is 2.34. The Bertz CT molecular complexity index is 1100. The quantitative estimate of drug-likeness (QED) is 0.585. The molecular formula is C26H28N2O2S. The third-order valence-corrected chi connectivity index (χ3v) is 8.36. The van der Waals surface area contributed by atoms with E-state index in [4.69, 9.17) is 0 Å². The number of rotatable bonds is 6. The molecule has 0 bridgehead atoms. The highest BCUT2D eigenvalue weighted by molar-refractivity contribution is 7.88. The first-order valence-corrected chi connectivity index (χ1v) is 12.6. The van der Waals surface area contributed by atoms with Crippen LogP contribution in [0, 0.1) is 11.8 Å². The van der Waals surface area contributed by atoms with Gasteiger partial charge >= 0.3 is 0 Å². The normalized spacial score (nSPS) is 21.9. The fraction of sp³-hybridized carbons (Fsp3) is 0.308. The topological polar surface area (TPSA) is 40.6 Å². The summed E-state index contributed by atoms with van der Waals surface area (Å²) in [5.74, 6) is 0.980. The number of hydrogen-bond donors (Lipinski definition) is 0. The molecule has 160 valence electrons. The molecule has 0 aliphatic carbocycles. The van der Waals surface area contributed by atoms with Gasteiger partial charge in [0.15, 0.2) is 0 Å². The standard InChI is InChI=1S/C26H28N2O2S/c29-31(30,20-22-7-3-1-4-8-22)28-18-25-16-27(17-26(25)19-28)15-21-11-13-24(14-12-21)23-9-5-2-6-10-23/h1-14,25-26H,15-20H2. The Morgan fingerprint density at radius 1 is 0.645 bits per heavy atom. The monoisotopic (exact) mass is 432 g/mol. The Kier molecular flexibility index (Phi) is 5.65. The van der Waals surface area contributed by atoms with E-state index in [2.05, 4.69) is 53.4 Å². The summed E-state index contributed by atoms with van der Waals surface area (Å²) in [6, 6.07) is 28.7. The lowest BCUT2D eigenvalue weighted by atomic mass is 10.0. The molecule has 0 amide bonds. The van der Waals surface area contributed by atoms with Gasteiger partial charge in [0.25, 0.3) is 0 Å². The van der Waals surface area contributed by atoms with E-state index in [-0.39, 0.29) is 5.75 Å². The van der Waals surface area contributed by atoms with Crippen molar-refractivity contribution in [1.29, 1.82) is 0 Å². The van der Waals surface area contributed by atoms with E-state index in [1.165, 1.54) is 16.7 Å². The van der Waals surface area contributed by atoms with Gasteiger partial charge in [-0.25, -0.2) is 12.7 Å². The Labute approximate surface area is 185 Å². The average molecular weight is 433 g/mol. The van der Waals surface area contributed by atoms with E-state index in [9.17, 15) is 8.42 Å². The minimum atomic E-state index is -3.25. The first-order valence-electron chi connectivity index (χ1n) is 11.0. The van der Waals surface area contributed by atoms with Crippen molar-refractivity contribution in [2.45, 2.75) is 12.3 Å². The molecule has 5 rings (SSSR count). The maximum absolute atomic E-state index is 12.9. The lowest BCUT2D eigenvalue weighted by Crippen LogP contribution is -2.34. The lowest BCUT2D eigenvalue weighted by Gasteiger charge is -2.21. The van der Waals surface area contributed by atoms with Gasteiger partial charge in [-0.2, -0.15) is 0 Å². The number of sulfonamides is 1. The van der Waals surface area contributed by atoms with Crippen LogP contribution in [0.25, 0.3) is 11.1 Å². The van der Waals surface area contributed by atoms with Crippen LogP contribution < -0.4 is 0 Å². The van der Waals surface area contributed by atoms with Crippen molar-refractivity contribution in [1.82, 2.24) is 9.21 Å². The lowest BCUT2D eigenvalue weighted by molar-refractivity contribution is 0.289. The third kappa shape index (κ3) is 4.59. The molecule has 2 heterocycles. The van der Waals surface area contributed by atoms with Crippen LogP contribution in [0.4, 0.5) is 0 Å². The third-order valence-electron chi connectivity index (χ3n) is 6.58. The van der Waals surface area contributed by atoms with Crippen LogP contribution in [0.1, 0.15) is 11.1 Å². The molecule has 0 N–H and O–H groups in total. The van der Waals surface area contributed by atoms with Gasteiger partial charge in [-0.05, 0) is 34.1 Å². The van der Waals surface area contributed by atoms with Crippen LogP contribution in [-0.2, 0) is 22.3 Å². The summed E-state index contributed by atoms with van der Waals surface area (Å²) >= 11 is 0. The molecule has 3 aromatic rings. The predicted molar refractivity (Wildman–Crippen MR) is 125 cm³/mol. The minimum absolute atomic E-state index is 0.102. The van der Waals surface area contributed by atoms with Gasteiger partial charge in [0.05, 0.1) is 5.75 Å². The fourth-order valence-electron chi connectivity index (χ4n) is 4.97. The molecule has 2 saturated heterocycles. The van der Waals surface area contributed by atoms with E-state index in [1.807, 2.05) is 36.4 Å². The summed E-state index contributed by atoms with van der Waals surface area (Å²) in [5, 5.41) is 0. The van der Waals surface area contributed by atoms with Crippen molar-refractivity contribution in [2.75, 3.05) is 26.2 Å². The molecule has 2 unspecified atom stereocenters. The summed E-state index contributed by atoms with van der Waals surface area (Å²) in [6.45, 7) is 4.19. The van der Waals surface area contributed by atoms with Crippen molar-refractivity contribution in [3.05, 3.63) is 96.1 Å². The number of benzene rings is 3. The zero-order valence-corrected chi connectivity index (χ0v) is 18.4. The SMILES string of the molecule is O=S(=O)(Cc1ccccc1)N1CC2CN(Cc3ccc(-c4ccccc4)cc3)CC2C1. The van der Waals surface area contributed by atoms with Gasteiger partial charge in [-0.1, -0.05) is 84.9 Å². The van der Waals surface area contributed by atoms with Crippen LogP contribution in [-0.4, -0.2) is 43.8 Å². The highest BCUT2D eigenvalue weighted by atomic mass is 32.2. The van der Waals surface area contributed by atoms with Gasteiger partial charge in [0, 0.05) is 32.7 Å². The van der Waals surface area contributed by atoms with Crippen LogP contribution >= 0.6 is 0 Å². The predicted octanol–water partition coefficient (Wildman–Crippen LogP) is 4.25. The van der Waals surface area contributed by atoms with Gasteiger partial charge in [-0.15, -0.1) is 0 Å². The molecule has 0 spiro atoms. The maximum atomic E-state index is 12.9. The largest absolute Gasteiger partial charge is 0.298 e. The zero-order chi connectivity index (χ0) is 21.3. The van der Waals surface area contributed by atoms with Gasteiger partial charge in [-0.3, -0.25) is 4.90 Å². The Morgan fingerprint density at radius 3 is 1.81 bits per heavy atom. The number of nitrogens with zero attached hydrogens (tertiary/aromatic N) is 2. The van der Waals surface area contributed by atoms with E-state index >= 15 is 0 Å². The average Bonchev–Trinajstić information content (AvgIpc) is 3.35. The molecule has 5 heteroatoms. The van der Waals surface area contributed by atoms with E-state index in [0.29, 0.717) is 24.9 Å². The molecule has 0 aromatic heterocycles. The van der Waals surface area contributed by atoms with Gasteiger partial charge in [0.2, 0.25) is 10.0 Å². The second-order valence-electron chi connectivity index (χ2n) is 8.84. The first kappa shape index (κ1) is 20.4. The van der Waals surface area contributed by atoms with E-state index < -0.39 is 10.0 Å². The molecular weight excluding hydrogens is 404 g/mol. The zero-order valence-electron chi connectivity index (χ0n) is 17.6. The Balaban J connectivity index is 1.17. The molecule has 3 aromatic carbocycles. The van der Waals surface area contributed by atoms with Crippen molar-refractivity contribution in [2.24, 2.45) is 11.8 Å². The number of fused-ring (bicyclic) bond motifs is 1. The molecule has 2 aliphatic heterocycles. The number of hydrogen-bond acceptors (Lipinski definition) is 3. The summed E-state index contributed by atoms with van der Waals surface area (Å²) in [5.41, 5.74) is 4.65. The van der Waals surface area contributed by atoms with E-state index in [1.54, 1.807) is 4.31 Å². The first-order chi connectivity index (χ1) is 15.1. The summed E-state index contributed by atoms with van der Waals surface area (Å²) < 4.78 is 27.5. The van der Waals surface area contributed by atoms with Gasteiger partial charge < -0.3 is 0 Å². The second kappa shape index (κ2) is 8.58. The molecule has 0 radical (unpaired) electrons. The van der Waals surface area contributed by atoms with Crippen molar-refractivity contribution in [3.8, 4) is 11.1 Å². The molecule has 2 fully saturated rings. The highest BCUT2D eigenvalue weighted by Gasteiger charge is 2.43. The van der Waals surface area contributed by atoms with Gasteiger partial charge in [0.1, 0.15) is 0 Å². The maximum Gasteiger partial charge on any atom is 0.218 e. The van der Waals surface area contributed by atoms with Crippen LogP contribution in [0.15, 0.2) is 84.9 Å². The van der Waals surface area contributed by atoms with Crippen LogP contribution in [0.3, 0.4) is 0 Å². The molecule has 4 nitrogen and oxygen atoms in total. The number of likely N-dealkylation sites (tertiary alicyclic amines) is 1. The Morgan fingerprint density at radius 2 is 1.19 bits per heavy atom. The smallest absolute Gasteiger partial charge is 0.218 e. The Hall–Kier alpha value is -2.47. The fourth-order valence-corrected chi connectivity index (χ4v) is 6.60. The summed E-state index contributed by atoms with van der Waals surface area (Å²) in [6.07, 6.45) is 0. The van der Waals surface area contributed by atoms with E-state index in [0.717, 1.165) is 25.2 Å².